The van der Waals surface area contributed by atoms with E-state index in [4.69, 9.17) is 30.2 Å². The fraction of sp³-hybridized carbons (Fsp3) is 0.208. The lowest BCUT2D eigenvalue weighted by Gasteiger charge is -2.16. The molecule has 0 saturated carbocycles. The predicted molar refractivity (Wildman–Crippen MR) is 124 cm³/mol. The minimum atomic E-state index is -0.843. The van der Waals surface area contributed by atoms with Gasteiger partial charge in [-0.1, -0.05) is 23.7 Å². The van der Waals surface area contributed by atoms with Crippen molar-refractivity contribution in [3.8, 4) is 11.5 Å². The number of benzene rings is 2. The van der Waals surface area contributed by atoms with Gasteiger partial charge in [0.25, 0.3) is 11.8 Å². The van der Waals surface area contributed by atoms with Crippen molar-refractivity contribution < 1.29 is 33.0 Å². The summed E-state index contributed by atoms with van der Waals surface area (Å²) in [6, 6.07) is 12.5. The number of hydrogen-bond acceptors (Lipinski definition) is 7. The van der Waals surface area contributed by atoms with Gasteiger partial charge in [-0.2, -0.15) is 0 Å². The number of hydrogen-bond donors (Lipinski definition) is 2. The molecule has 10 heteroatoms. The minimum Gasteiger partial charge on any atom is -0.493 e. The van der Waals surface area contributed by atoms with Crippen molar-refractivity contribution in [2.75, 3.05) is 26.1 Å². The lowest BCUT2D eigenvalue weighted by molar-refractivity contribution is -0.124. The fourth-order valence-corrected chi connectivity index (χ4v) is 3.20. The van der Waals surface area contributed by atoms with Crippen LogP contribution in [0.1, 0.15) is 39.4 Å². The standard InChI is InChI=1S/C24H23ClN2O7/c1-14(15-6-8-16(25)9-7-15)26-22(28)13-34-24(30)17-11-20(31-2)21(32-3)12-18(17)27-23(29)19-5-4-10-33-19/h4-12,14H,13H2,1-3H3,(H,26,28)(H,27,29). The van der Waals surface area contributed by atoms with E-state index in [0.29, 0.717) is 5.02 Å². The van der Waals surface area contributed by atoms with Gasteiger partial charge in [0.2, 0.25) is 0 Å². The molecule has 9 nitrogen and oxygen atoms in total. The minimum absolute atomic E-state index is 0.0314. The molecule has 0 spiro atoms. The van der Waals surface area contributed by atoms with Gasteiger partial charge in [0.15, 0.2) is 23.9 Å². The lowest BCUT2D eigenvalue weighted by atomic mass is 10.1. The molecule has 0 aliphatic carbocycles. The molecule has 1 atom stereocenters. The van der Waals surface area contributed by atoms with E-state index in [1.807, 2.05) is 0 Å². The van der Waals surface area contributed by atoms with E-state index in [2.05, 4.69) is 10.6 Å². The van der Waals surface area contributed by atoms with Crippen molar-refractivity contribution in [1.82, 2.24) is 5.32 Å². The molecular formula is C24H23ClN2O7. The molecule has 3 aromatic rings. The molecule has 0 aliphatic heterocycles. The van der Waals surface area contributed by atoms with Crippen LogP contribution in [0.15, 0.2) is 59.2 Å². The van der Waals surface area contributed by atoms with Gasteiger partial charge in [-0.15, -0.1) is 0 Å². The van der Waals surface area contributed by atoms with Crippen molar-refractivity contribution in [3.63, 3.8) is 0 Å². The van der Waals surface area contributed by atoms with E-state index >= 15 is 0 Å². The van der Waals surface area contributed by atoms with Crippen LogP contribution >= 0.6 is 11.6 Å². The SMILES string of the molecule is COc1cc(NC(=O)c2ccco2)c(C(=O)OCC(=O)NC(C)c2ccc(Cl)cc2)cc1OC. The van der Waals surface area contributed by atoms with Crippen molar-refractivity contribution in [2.24, 2.45) is 0 Å². The van der Waals surface area contributed by atoms with Crippen LogP contribution in [0.3, 0.4) is 0 Å². The summed E-state index contributed by atoms with van der Waals surface area (Å²) in [5.41, 5.74) is 0.905. The molecule has 3 rings (SSSR count). The molecule has 0 bridgehead atoms. The molecular weight excluding hydrogens is 464 g/mol. The molecule has 0 fully saturated rings. The fourth-order valence-electron chi connectivity index (χ4n) is 3.07. The number of nitrogens with one attached hydrogen (secondary N) is 2. The van der Waals surface area contributed by atoms with Crippen molar-refractivity contribution in [2.45, 2.75) is 13.0 Å². The maximum Gasteiger partial charge on any atom is 0.340 e. The monoisotopic (exact) mass is 486 g/mol. The second-order valence-electron chi connectivity index (χ2n) is 7.10. The third kappa shape index (κ3) is 6.08. The highest BCUT2D eigenvalue weighted by atomic mass is 35.5. The zero-order valence-corrected chi connectivity index (χ0v) is 19.5. The van der Waals surface area contributed by atoms with E-state index in [1.54, 1.807) is 37.3 Å². The third-order valence-corrected chi connectivity index (χ3v) is 5.07. The van der Waals surface area contributed by atoms with E-state index < -0.39 is 24.4 Å². The Morgan fingerprint density at radius 3 is 2.32 bits per heavy atom. The number of esters is 1. The summed E-state index contributed by atoms with van der Waals surface area (Å²) in [7, 11) is 2.82. The number of amides is 2. The van der Waals surface area contributed by atoms with Gasteiger partial charge in [-0.25, -0.2) is 4.79 Å². The summed E-state index contributed by atoms with van der Waals surface area (Å²) < 4.78 is 20.8. The number of methoxy groups -OCH3 is 2. The molecule has 2 amide bonds. The molecule has 1 aromatic heterocycles. The molecule has 2 N–H and O–H groups in total. The Labute approximate surface area is 200 Å². The number of rotatable bonds is 9. The van der Waals surface area contributed by atoms with Crippen molar-refractivity contribution >= 4 is 35.1 Å². The van der Waals surface area contributed by atoms with E-state index in [-0.39, 0.29) is 34.6 Å². The molecule has 1 unspecified atom stereocenters. The normalized spacial score (nSPS) is 11.3. The van der Waals surface area contributed by atoms with E-state index in [1.165, 1.54) is 38.7 Å². The number of anilines is 1. The Balaban J connectivity index is 1.72. The Morgan fingerprint density at radius 1 is 1.03 bits per heavy atom. The van der Waals surface area contributed by atoms with Crippen molar-refractivity contribution in [3.05, 3.63) is 76.7 Å². The highest BCUT2D eigenvalue weighted by Crippen LogP contribution is 2.34. The third-order valence-electron chi connectivity index (χ3n) is 4.82. The van der Waals surface area contributed by atoms with Crippen LogP contribution in [-0.4, -0.2) is 38.6 Å². The molecule has 0 radical (unpaired) electrons. The van der Waals surface area contributed by atoms with Gasteiger partial charge in [-0.05, 0) is 36.8 Å². The first-order chi connectivity index (χ1) is 16.3. The van der Waals surface area contributed by atoms with Gasteiger partial charge in [0.05, 0.1) is 37.8 Å². The summed E-state index contributed by atoms with van der Waals surface area (Å²) >= 11 is 5.89. The van der Waals surface area contributed by atoms with Gasteiger partial charge >= 0.3 is 5.97 Å². The Morgan fingerprint density at radius 2 is 1.71 bits per heavy atom. The maximum absolute atomic E-state index is 12.8. The van der Waals surface area contributed by atoms with Gasteiger partial charge in [-0.3, -0.25) is 9.59 Å². The number of ether oxygens (including phenoxy) is 3. The molecule has 2 aromatic carbocycles. The smallest absolute Gasteiger partial charge is 0.340 e. The molecule has 0 aliphatic rings. The highest BCUT2D eigenvalue weighted by Gasteiger charge is 2.22. The van der Waals surface area contributed by atoms with E-state index in [0.717, 1.165) is 5.56 Å². The summed E-state index contributed by atoms with van der Waals surface area (Å²) in [6.45, 7) is 1.26. The molecule has 178 valence electrons. The Hall–Kier alpha value is -3.98. The number of halogens is 1. The van der Waals surface area contributed by atoms with Crippen LogP contribution in [0.4, 0.5) is 5.69 Å². The van der Waals surface area contributed by atoms with E-state index in [9.17, 15) is 14.4 Å². The average Bonchev–Trinajstić information content (AvgIpc) is 3.38. The maximum atomic E-state index is 12.8. The summed E-state index contributed by atoms with van der Waals surface area (Å²) in [5, 5.41) is 5.91. The summed E-state index contributed by atoms with van der Waals surface area (Å²) in [6.07, 6.45) is 1.35. The first-order valence-corrected chi connectivity index (χ1v) is 10.5. The van der Waals surface area contributed by atoms with Crippen molar-refractivity contribution in [1.29, 1.82) is 0 Å². The Kier molecular flexibility index (Phi) is 8.15. The molecule has 1 heterocycles. The van der Waals surface area contributed by atoms with Crippen LogP contribution in [0.5, 0.6) is 11.5 Å². The van der Waals surface area contributed by atoms with Crippen LogP contribution < -0.4 is 20.1 Å². The van der Waals surface area contributed by atoms with Crippen LogP contribution in [0.2, 0.25) is 5.02 Å². The summed E-state index contributed by atoms with van der Waals surface area (Å²) in [4.78, 5) is 37.6. The van der Waals surface area contributed by atoms with Crippen LogP contribution in [0.25, 0.3) is 0 Å². The number of furan rings is 1. The zero-order chi connectivity index (χ0) is 24.7. The molecule has 0 saturated heterocycles. The second-order valence-corrected chi connectivity index (χ2v) is 7.54. The van der Waals surface area contributed by atoms with Gasteiger partial charge < -0.3 is 29.3 Å². The number of carbonyl (C=O) groups is 3. The first-order valence-electron chi connectivity index (χ1n) is 10.1. The van der Waals surface area contributed by atoms with Crippen LogP contribution in [-0.2, 0) is 9.53 Å². The number of carbonyl (C=O) groups excluding carboxylic acids is 3. The average molecular weight is 487 g/mol. The topological polar surface area (TPSA) is 116 Å². The second kappa shape index (κ2) is 11.2. The molecule has 34 heavy (non-hydrogen) atoms. The predicted octanol–water partition coefficient (Wildman–Crippen LogP) is 4.24. The van der Waals surface area contributed by atoms with Crippen LogP contribution in [0, 0.1) is 0 Å². The summed E-state index contributed by atoms with van der Waals surface area (Å²) in [5.74, 6) is -1.36. The Bertz CT molecular complexity index is 1160. The first kappa shape index (κ1) is 24.7. The highest BCUT2D eigenvalue weighted by molar-refractivity contribution is 6.30. The van der Waals surface area contributed by atoms with Gasteiger partial charge in [0, 0.05) is 17.2 Å². The largest absolute Gasteiger partial charge is 0.493 e. The zero-order valence-electron chi connectivity index (χ0n) is 18.7. The van der Waals surface area contributed by atoms with Gasteiger partial charge in [0.1, 0.15) is 0 Å². The lowest BCUT2D eigenvalue weighted by Crippen LogP contribution is -2.31. The quantitative estimate of drug-likeness (QED) is 0.434.